The van der Waals surface area contributed by atoms with E-state index in [9.17, 15) is 10.4 Å². The van der Waals surface area contributed by atoms with Crippen molar-refractivity contribution < 1.29 is 5.11 Å². The number of piperidine rings is 1. The number of rotatable bonds is 2. The molecular weight excluding hydrogens is 314 g/mol. The largest absolute Gasteiger partial charge is 0.506 e. The van der Waals surface area contributed by atoms with Crippen LogP contribution in [0.2, 0.25) is 0 Å². The fourth-order valence-corrected chi connectivity index (χ4v) is 2.86. The van der Waals surface area contributed by atoms with Gasteiger partial charge in [0, 0.05) is 12.7 Å². The van der Waals surface area contributed by atoms with E-state index in [1.54, 1.807) is 18.3 Å². The molecule has 1 fully saturated rings. The summed E-state index contributed by atoms with van der Waals surface area (Å²) in [4.78, 5) is 8.41. The molecule has 0 bridgehead atoms. The first-order valence-corrected chi connectivity index (χ1v) is 7.26. The number of nitrogen functional groups attached to an aromatic ring is 1. The van der Waals surface area contributed by atoms with E-state index in [0.29, 0.717) is 17.0 Å². The quantitative estimate of drug-likeness (QED) is 0.778. The highest BCUT2D eigenvalue weighted by Crippen LogP contribution is 2.33. The maximum atomic E-state index is 9.96. The Labute approximate surface area is 140 Å². The van der Waals surface area contributed by atoms with Crippen molar-refractivity contribution in [3.05, 3.63) is 35.5 Å². The number of halogens is 1. The zero-order chi connectivity index (χ0) is 15.5. The smallest absolute Gasteiger partial charge is 0.143 e. The number of hydrogen-bond acceptors (Lipinski definition) is 6. The van der Waals surface area contributed by atoms with Crippen molar-refractivity contribution in [2.45, 2.75) is 18.8 Å². The van der Waals surface area contributed by atoms with Crippen LogP contribution in [0.4, 0.5) is 5.82 Å². The highest BCUT2D eigenvalue weighted by Gasteiger charge is 2.22. The zero-order valence-electron chi connectivity index (χ0n) is 12.5. The summed E-state index contributed by atoms with van der Waals surface area (Å²) >= 11 is 0. The van der Waals surface area contributed by atoms with Gasteiger partial charge in [-0.25, -0.2) is 4.98 Å². The molecular formula is C16H18ClN5O. The first kappa shape index (κ1) is 17.0. The van der Waals surface area contributed by atoms with Gasteiger partial charge in [-0.15, -0.1) is 12.4 Å². The molecule has 0 saturated carbocycles. The van der Waals surface area contributed by atoms with Gasteiger partial charge in [-0.05, 0) is 49.1 Å². The fraction of sp³-hybridized carbons (Fsp3) is 0.312. The molecule has 1 unspecified atom stereocenters. The van der Waals surface area contributed by atoms with Gasteiger partial charge in [-0.2, -0.15) is 5.26 Å². The molecule has 1 saturated heterocycles. The molecule has 7 heteroatoms. The van der Waals surface area contributed by atoms with Crippen LogP contribution >= 0.6 is 12.4 Å². The lowest BCUT2D eigenvalue weighted by molar-refractivity contribution is 0.461. The molecule has 3 heterocycles. The normalized spacial score (nSPS) is 17.1. The maximum Gasteiger partial charge on any atom is 0.143 e. The van der Waals surface area contributed by atoms with Crippen molar-refractivity contribution in [2.75, 3.05) is 18.8 Å². The fourth-order valence-electron chi connectivity index (χ4n) is 2.86. The van der Waals surface area contributed by atoms with Gasteiger partial charge in [0.2, 0.25) is 0 Å². The Bertz CT molecular complexity index is 738. The van der Waals surface area contributed by atoms with Gasteiger partial charge in [0.1, 0.15) is 23.3 Å². The Morgan fingerprint density at radius 1 is 1.43 bits per heavy atom. The van der Waals surface area contributed by atoms with Gasteiger partial charge in [0.25, 0.3) is 0 Å². The second-order valence-electron chi connectivity index (χ2n) is 5.38. The molecule has 1 atom stereocenters. The highest BCUT2D eigenvalue weighted by atomic mass is 35.5. The number of nitriles is 1. The molecule has 120 valence electrons. The van der Waals surface area contributed by atoms with Crippen LogP contribution in [0.15, 0.2) is 24.4 Å². The predicted molar refractivity (Wildman–Crippen MR) is 90.4 cm³/mol. The molecule has 2 aromatic rings. The molecule has 3 rings (SSSR count). The van der Waals surface area contributed by atoms with Crippen molar-refractivity contribution in [1.29, 1.82) is 5.26 Å². The summed E-state index contributed by atoms with van der Waals surface area (Å²) in [5.74, 6) is 0.454. The third-order valence-corrected chi connectivity index (χ3v) is 3.96. The van der Waals surface area contributed by atoms with Gasteiger partial charge >= 0.3 is 0 Å². The summed E-state index contributed by atoms with van der Waals surface area (Å²) in [6, 6.07) is 7.19. The molecule has 4 N–H and O–H groups in total. The summed E-state index contributed by atoms with van der Waals surface area (Å²) in [5, 5.41) is 22.7. The highest BCUT2D eigenvalue weighted by molar-refractivity contribution is 5.85. The number of aromatic hydroxyl groups is 1. The third-order valence-electron chi connectivity index (χ3n) is 3.96. The number of aromatic nitrogens is 2. The van der Waals surface area contributed by atoms with Crippen molar-refractivity contribution in [1.82, 2.24) is 15.3 Å². The SMILES string of the molecule is Cl.N#Cc1c(C2CCCNC2)cc(-c2ncccc2O)nc1N. The summed E-state index contributed by atoms with van der Waals surface area (Å²) in [6.07, 6.45) is 3.65. The molecule has 1 aliphatic rings. The Balaban J connectivity index is 0.00000192. The number of nitrogens with zero attached hydrogens (tertiary/aromatic N) is 3. The molecule has 0 aliphatic carbocycles. The van der Waals surface area contributed by atoms with E-state index in [1.807, 2.05) is 6.07 Å². The topological polar surface area (TPSA) is 108 Å². The van der Waals surface area contributed by atoms with Crippen LogP contribution in [-0.2, 0) is 0 Å². The van der Waals surface area contributed by atoms with E-state index < -0.39 is 0 Å². The predicted octanol–water partition coefficient (Wildman–Crippen LogP) is 2.19. The van der Waals surface area contributed by atoms with Gasteiger partial charge in [-0.3, -0.25) is 4.98 Å². The average Bonchev–Trinajstić information content (AvgIpc) is 2.55. The Kier molecular flexibility index (Phi) is 5.37. The zero-order valence-corrected chi connectivity index (χ0v) is 13.3. The molecule has 0 radical (unpaired) electrons. The lowest BCUT2D eigenvalue weighted by Crippen LogP contribution is -2.29. The van der Waals surface area contributed by atoms with Crippen LogP contribution in [0.25, 0.3) is 11.4 Å². The van der Waals surface area contributed by atoms with Gasteiger partial charge in [0.05, 0.1) is 11.3 Å². The first-order valence-electron chi connectivity index (χ1n) is 7.26. The number of nitrogens with one attached hydrogen (secondary N) is 1. The lowest BCUT2D eigenvalue weighted by Gasteiger charge is -2.24. The van der Waals surface area contributed by atoms with Crippen LogP contribution in [0, 0.1) is 11.3 Å². The second-order valence-corrected chi connectivity index (χ2v) is 5.38. The summed E-state index contributed by atoms with van der Waals surface area (Å²) < 4.78 is 0. The minimum Gasteiger partial charge on any atom is -0.506 e. The second kappa shape index (κ2) is 7.27. The molecule has 0 spiro atoms. The van der Waals surface area contributed by atoms with E-state index in [4.69, 9.17) is 5.73 Å². The summed E-state index contributed by atoms with van der Waals surface area (Å²) in [7, 11) is 0. The minimum atomic E-state index is 0. The molecule has 1 aliphatic heterocycles. The van der Waals surface area contributed by atoms with Crippen molar-refractivity contribution in [3.63, 3.8) is 0 Å². The van der Waals surface area contributed by atoms with E-state index >= 15 is 0 Å². The number of anilines is 1. The number of nitrogens with two attached hydrogens (primary N) is 1. The Morgan fingerprint density at radius 3 is 2.91 bits per heavy atom. The Hall–Kier alpha value is -2.36. The monoisotopic (exact) mass is 331 g/mol. The van der Waals surface area contributed by atoms with Crippen LogP contribution < -0.4 is 11.1 Å². The summed E-state index contributed by atoms with van der Waals surface area (Å²) in [6.45, 7) is 1.80. The van der Waals surface area contributed by atoms with Crippen molar-refractivity contribution in [3.8, 4) is 23.2 Å². The van der Waals surface area contributed by atoms with E-state index in [1.165, 1.54) is 0 Å². The molecule has 6 nitrogen and oxygen atoms in total. The number of hydrogen-bond donors (Lipinski definition) is 3. The van der Waals surface area contributed by atoms with Crippen LogP contribution in [-0.4, -0.2) is 28.2 Å². The maximum absolute atomic E-state index is 9.96. The van der Waals surface area contributed by atoms with Crippen LogP contribution in [0.3, 0.4) is 0 Å². The van der Waals surface area contributed by atoms with Crippen LogP contribution in [0.5, 0.6) is 5.75 Å². The minimum absolute atomic E-state index is 0. The van der Waals surface area contributed by atoms with E-state index in [0.717, 1.165) is 31.5 Å². The molecule has 0 aromatic carbocycles. The van der Waals surface area contributed by atoms with Gasteiger partial charge < -0.3 is 16.2 Å². The van der Waals surface area contributed by atoms with Crippen LogP contribution in [0.1, 0.15) is 29.9 Å². The molecule has 23 heavy (non-hydrogen) atoms. The lowest BCUT2D eigenvalue weighted by atomic mass is 9.88. The van der Waals surface area contributed by atoms with Gasteiger partial charge in [0.15, 0.2) is 0 Å². The molecule has 2 aromatic heterocycles. The number of pyridine rings is 2. The standard InChI is InChI=1S/C16H17N5O.ClH/c17-8-12-11(10-3-1-5-19-9-10)7-13(21-16(12)18)15-14(22)4-2-6-20-15;/h2,4,6-7,10,19,22H,1,3,5,9H2,(H2,18,21);1H. The summed E-state index contributed by atoms with van der Waals surface area (Å²) in [5.41, 5.74) is 8.14. The van der Waals surface area contributed by atoms with E-state index in [2.05, 4.69) is 21.4 Å². The van der Waals surface area contributed by atoms with E-state index in [-0.39, 0.29) is 29.9 Å². The average molecular weight is 332 g/mol. The third kappa shape index (κ3) is 3.36. The molecule has 0 amide bonds. The van der Waals surface area contributed by atoms with Gasteiger partial charge in [-0.1, -0.05) is 0 Å². The van der Waals surface area contributed by atoms with Crippen molar-refractivity contribution >= 4 is 18.2 Å². The first-order chi connectivity index (χ1) is 10.7. The van der Waals surface area contributed by atoms with Crippen molar-refractivity contribution in [2.24, 2.45) is 0 Å². The Morgan fingerprint density at radius 2 is 2.26 bits per heavy atom.